The number of aliphatic carboxylic acids is 1. The zero-order valence-corrected chi connectivity index (χ0v) is 19.2. The lowest BCUT2D eigenvalue weighted by Crippen LogP contribution is -2.63. The third-order valence-electron chi connectivity index (χ3n) is 10.1. The van der Waals surface area contributed by atoms with Crippen LogP contribution in [-0.4, -0.2) is 29.7 Å². The van der Waals surface area contributed by atoms with Crippen molar-refractivity contribution in [1.29, 1.82) is 0 Å². The van der Waals surface area contributed by atoms with E-state index < -0.39 is 22.2 Å². The van der Waals surface area contributed by atoms with Crippen LogP contribution in [0.2, 0.25) is 0 Å². The molecule has 0 aromatic heterocycles. The molecule has 0 heterocycles. The molecule has 1 N–H and O–H groups in total. The Morgan fingerprint density at radius 1 is 1.26 bits per heavy atom. The van der Waals surface area contributed by atoms with Crippen LogP contribution in [-0.2, 0) is 14.4 Å². The average molecular weight is 428 g/mol. The van der Waals surface area contributed by atoms with Crippen molar-refractivity contribution >= 4 is 18.0 Å². The van der Waals surface area contributed by atoms with Crippen LogP contribution in [0.25, 0.3) is 0 Å². The predicted octanol–water partition coefficient (Wildman–Crippen LogP) is 5.25. The van der Waals surface area contributed by atoms with Gasteiger partial charge < -0.3 is 14.7 Å². The van der Waals surface area contributed by atoms with Gasteiger partial charge in [-0.15, -0.1) is 0 Å². The van der Waals surface area contributed by atoms with E-state index >= 15 is 0 Å². The highest BCUT2D eigenvalue weighted by Gasteiger charge is 2.84. The van der Waals surface area contributed by atoms with E-state index in [0.29, 0.717) is 24.9 Å². The number of hydrogen-bond donors (Lipinski definition) is 1. The van der Waals surface area contributed by atoms with Crippen molar-refractivity contribution in [3.05, 3.63) is 11.6 Å². The van der Waals surface area contributed by atoms with E-state index in [0.717, 1.165) is 62.5 Å². The van der Waals surface area contributed by atoms with Crippen molar-refractivity contribution in [1.82, 2.24) is 0 Å². The Morgan fingerprint density at radius 3 is 2.65 bits per heavy atom. The molecule has 0 aromatic carbocycles. The summed E-state index contributed by atoms with van der Waals surface area (Å²) in [6.45, 7) is 6.76. The number of aldehydes is 1. The fourth-order valence-corrected chi connectivity index (χ4v) is 8.92. The molecule has 5 aliphatic carbocycles. The number of carbonyl (C=O) groups excluding carboxylic acids is 1. The minimum absolute atomic E-state index is 0.0792. The third-order valence-corrected chi connectivity index (χ3v) is 10.1. The van der Waals surface area contributed by atoms with Gasteiger partial charge >= 0.3 is 5.97 Å². The van der Waals surface area contributed by atoms with Gasteiger partial charge in [-0.25, -0.2) is 0 Å². The molecule has 5 aliphatic rings. The molecular weight excluding hydrogens is 390 g/mol. The third kappa shape index (κ3) is 2.47. The number of nitrogens with zero attached hydrogens (tertiary/aromatic N) is 1. The maximum Gasteiger partial charge on any atom is 0.315 e. The highest BCUT2D eigenvalue weighted by Crippen LogP contribution is 2.82. The number of carbonyl (C=O) groups is 2. The minimum atomic E-state index is -1.15. The van der Waals surface area contributed by atoms with Gasteiger partial charge in [0.2, 0.25) is 0 Å². The standard InChI is InChI=1S/C26H37NO4/c1-16(2)22-11-18-12-24(14-28)21-10-9-17(3)20(21)13-25(18,26(22,24)23(29)30)15-31-27-19-7-5-4-6-8-19/h11,14,16-18,20-21H,4-10,12-13,15H2,1-3H3,(H,29,30)/t17-,18?,20-,21-,24+,25?,26+/m1/s1. The Morgan fingerprint density at radius 2 is 2.00 bits per heavy atom. The van der Waals surface area contributed by atoms with Crippen molar-refractivity contribution in [2.75, 3.05) is 6.61 Å². The smallest absolute Gasteiger partial charge is 0.315 e. The van der Waals surface area contributed by atoms with Gasteiger partial charge in [0.25, 0.3) is 0 Å². The van der Waals surface area contributed by atoms with Crippen molar-refractivity contribution in [2.45, 2.75) is 78.6 Å². The number of oxime groups is 1. The number of carboxylic acids is 1. The molecule has 170 valence electrons. The Bertz CT molecular complexity index is 838. The maximum absolute atomic E-state index is 13.3. The Hall–Kier alpha value is -1.65. The number of hydrogen-bond acceptors (Lipinski definition) is 4. The molecule has 5 nitrogen and oxygen atoms in total. The molecule has 5 rings (SSSR count). The summed E-state index contributed by atoms with van der Waals surface area (Å²) < 4.78 is 0. The van der Waals surface area contributed by atoms with Crippen molar-refractivity contribution in [2.24, 2.45) is 51.0 Å². The average Bonchev–Trinajstić information content (AvgIpc) is 3.32. The second-order valence-electron chi connectivity index (χ2n) is 11.5. The van der Waals surface area contributed by atoms with Gasteiger partial charge in [0, 0.05) is 5.41 Å². The molecule has 5 heteroatoms. The van der Waals surface area contributed by atoms with Crippen LogP contribution in [0.3, 0.4) is 0 Å². The quantitative estimate of drug-likeness (QED) is 0.357. The minimum Gasteiger partial charge on any atom is -0.481 e. The number of carboxylic acid groups (broad SMARTS) is 1. The summed E-state index contributed by atoms with van der Waals surface area (Å²) >= 11 is 0. The lowest BCUT2D eigenvalue weighted by molar-refractivity contribution is -0.186. The second kappa shape index (κ2) is 7.18. The van der Waals surface area contributed by atoms with Gasteiger partial charge in [0.1, 0.15) is 18.3 Å². The molecule has 31 heavy (non-hydrogen) atoms. The second-order valence-corrected chi connectivity index (χ2v) is 11.5. The lowest BCUT2D eigenvalue weighted by Gasteiger charge is -2.58. The van der Waals surface area contributed by atoms with E-state index in [9.17, 15) is 14.7 Å². The monoisotopic (exact) mass is 427 g/mol. The number of allylic oxidation sites excluding steroid dienone is 1. The summed E-state index contributed by atoms with van der Waals surface area (Å²) in [7, 11) is 0. The van der Waals surface area contributed by atoms with E-state index in [-0.39, 0.29) is 17.8 Å². The molecule has 4 fully saturated rings. The fraction of sp³-hybridized carbons (Fsp3) is 0.808. The zero-order valence-electron chi connectivity index (χ0n) is 19.2. The highest BCUT2D eigenvalue weighted by molar-refractivity contribution is 5.90. The Balaban J connectivity index is 1.61. The van der Waals surface area contributed by atoms with Crippen molar-refractivity contribution in [3.8, 4) is 0 Å². The van der Waals surface area contributed by atoms with E-state index in [4.69, 9.17) is 4.84 Å². The van der Waals surface area contributed by atoms with Crippen LogP contribution in [0, 0.1) is 45.8 Å². The van der Waals surface area contributed by atoms with E-state index in [1.54, 1.807) is 0 Å². The number of fused-ring (bicyclic) bond motifs is 2. The van der Waals surface area contributed by atoms with Crippen molar-refractivity contribution < 1.29 is 19.5 Å². The molecule has 7 atom stereocenters. The molecule has 2 unspecified atom stereocenters. The first-order valence-corrected chi connectivity index (χ1v) is 12.4. The number of rotatable bonds is 6. The summed E-state index contributed by atoms with van der Waals surface area (Å²) in [6, 6.07) is 0. The Labute approximate surface area is 185 Å². The molecule has 0 radical (unpaired) electrons. The van der Waals surface area contributed by atoms with Gasteiger partial charge in [-0.3, -0.25) is 4.79 Å². The summed E-state index contributed by atoms with van der Waals surface area (Å²) in [4.78, 5) is 32.4. The van der Waals surface area contributed by atoms with Gasteiger partial charge in [-0.05, 0) is 74.5 Å². The van der Waals surface area contributed by atoms with Crippen LogP contribution >= 0.6 is 0 Å². The van der Waals surface area contributed by atoms with E-state index in [2.05, 4.69) is 32.0 Å². The summed E-state index contributed by atoms with van der Waals surface area (Å²) in [5, 5.41) is 15.4. The van der Waals surface area contributed by atoms with Crippen LogP contribution in [0.4, 0.5) is 0 Å². The fourth-order valence-electron chi connectivity index (χ4n) is 8.92. The molecular formula is C26H37NO4. The predicted molar refractivity (Wildman–Crippen MR) is 118 cm³/mol. The summed E-state index contributed by atoms with van der Waals surface area (Å²) in [5.74, 6) is 0.455. The molecule has 0 aliphatic heterocycles. The molecule has 0 saturated heterocycles. The first-order valence-electron chi connectivity index (χ1n) is 12.4. The molecule has 0 amide bonds. The molecule has 0 aromatic rings. The van der Waals surface area contributed by atoms with Gasteiger partial charge in [0.15, 0.2) is 0 Å². The van der Waals surface area contributed by atoms with Crippen LogP contribution < -0.4 is 0 Å². The first-order chi connectivity index (χ1) is 14.8. The largest absolute Gasteiger partial charge is 0.481 e. The summed E-state index contributed by atoms with van der Waals surface area (Å²) in [5.41, 5.74) is -0.460. The van der Waals surface area contributed by atoms with Crippen LogP contribution in [0.1, 0.15) is 78.6 Å². The summed E-state index contributed by atoms with van der Waals surface area (Å²) in [6.07, 6.45) is 12.4. The zero-order chi connectivity index (χ0) is 22.0. The van der Waals surface area contributed by atoms with E-state index in [1.807, 2.05) is 0 Å². The highest BCUT2D eigenvalue weighted by atomic mass is 16.6. The lowest BCUT2D eigenvalue weighted by atomic mass is 9.43. The van der Waals surface area contributed by atoms with Gasteiger partial charge in [-0.2, -0.15) is 0 Å². The molecule has 0 spiro atoms. The first kappa shape index (κ1) is 21.2. The Kier molecular flexibility index (Phi) is 4.91. The SMILES string of the molecule is CC(C)C1=CC2C[C@]3(C=O)[C@@H]4CC[C@@H](C)[C@H]4CC2(CON=C2CCCCC2)[C@]13C(=O)O. The van der Waals surface area contributed by atoms with Crippen molar-refractivity contribution in [3.63, 3.8) is 0 Å². The van der Waals surface area contributed by atoms with Crippen LogP contribution in [0.15, 0.2) is 16.8 Å². The topological polar surface area (TPSA) is 76.0 Å². The normalized spacial score (nSPS) is 45.4. The van der Waals surface area contributed by atoms with Crippen LogP contribution in [0.5, 0.6) is 0 Å². The van der Waals surface area contributed by atoms with Gasteiger partial charge in [-0.1, -0.05) is 50.4 Å². The van der Waals surface area contributed by atoms with E-state index in [1.165, 1.54) is 6.42 Å². The molecule has 4 bridgehead atoms. The molecule has 4 saturated carbocycles. The van der Waals surface area contributed by atoms with Gasteiger partial charge in [0.05, 0.1) is 11.1 Å². The maximum atomic E-state index is 13.3.